The molecule has 1 fully saturated rings. The molecule has 25 heavy (non-hydrogen) atoms. The molecular weight excluding hydrogens is 322 g/mol. The first-order valence-electron chi connectivity index (χ1n) is 8.46. The fourth-order valence-corrected chi connectivity index (χ4v) is 3.33. The highest BCUT2D eigenvalue weighted by Gasteiger charge is 2.29. The Morgan fingerprint density at radius 2 is 2.20 bits per heavy atom. The van der Waals surface area contributed by atoms with Crippen LogP contribution in [0.1, 0.15) is 36.0 Å². The molecule has 2 aromatic rings. The van der Waals surface area contributed by atoms with Crippen LogP contribution in [0.3, 0.4) is 0 Å². The predicted molar refractivity (Wildman–Crippen MR) is 91.0 cm³/mol. The van der Waals surface area contributed by atoms with Gasteiger partial charge in [-0.1, -0.05) is 12.8 Å². The molecule has 3 heterocycles. The van der Waals surface area contributed by atoms with E-state index in [0.717, 1.165) is 31.2 Å². The number of hydrogen-bond acceptors (Lipinski definition) is 7. The summed E-state index contributed by atoms with van der Waals surface area (Å²) in [5, 5.41) is 10.1. The molecule has 4 N–H and O–H groups in total. The zero-order valence-corrected chi connectivity index (χ0v) is 14.0. The summed E-state index contributed by atoms with van der Waals surface area (Å²) >= 11 is 0. The summed E-state index contributed by atoms with van der Waals surface area (Å²) in [4.78, 5) is 21.3. The van der Waals surface area contributed by atoms with Crippen LogP contribution in [0.5, 0.6) is 5.88 Å². The third kappa shape index (κ3) is 3.02. The van der Waals surface area contributed by atoms with Crippen molar-refractivity contribution >= 4 is 11.9 Å². The Morgan fingerprint density at radius 1 is 1.36 bits per heavy atom. The Balaban J connectivity index is 1.74. The summed E-state index contributed by atoms with van der Waals surface area (Å²) in [7, 11) is 1.81. The van der Waals surface area contributed by atoms with Gasteiger partial charge in [0.15, 0.2) is 6.73 Å². The van der Waals surface area contributed by atoms with E-state index in [1.54, 1.807) is 17.1 Å². The fraction of sp³-hybridized carbons (Fsp3) is 0.500. The van der Waals surface area contributed by atoms with E-state index >= 15 is 0 Å². The summed E-state index contributed by atoms with van der Waals surface area (Å²) in [6, 6.07) is 0.186. The largest absolute Gasteiger partial charge is 0.456 e. The van der Waals surface area contributed by atoms with Gasteiger partial charge < -0.3 is 21.1 Å². The van der Waals surface area contributed by atoms with Crippen molar-refractivity contribution in [2.45, 2.75) is 37.8 Å². The number of nitrogens with two attached hydrogens (primary N) is 1. The number of nitrogens with zero attached hydrogens (tertiary/aromatic N) is 4. The summed E-state index contributed by atoms with van der Waals surface area (Å²) in [5.74, 6) is 0.458. The molecule has 9 heteroatoms. The number of hydrogen-bond donors (Lipinski definition) is 3. The van der Waals surface area contributed by atoms with Gasteiger partial charge in [0.2, 0.25) is 11.8 Å². The third-order valence-electron chi connectivity index (χ3n) is 4.66. The SMILES string of the molecule is Cn1cc(-c2nc(N[C@@H]3CCCC[C@@H]3N)nc3c2C(=O)NCO3)cn1. The molecule has 132 valence electrons. The number of carbonyl (C=O) groups excluding carboxylic acids is 1. The van der Waals surface area contributed by atoms with Gasteiger partial charge in [-0.3, -0.25) is 9.48 Å². The first kappa shape index (κ1) is 15.8. The highest BCUT2D eigenvalue weighted by atomic mass is 16.5. The topological polar surface area (TPSA) is 120 Å². The van der Waals surface area contributed by atoms with Crippen molar-refractivity contribution in [2.75, 3.05) is 12.0 Å². The fourth-order valence-electron chi connectivity index (χ4n) is 3.33. The van der Waals surface area contributed by atoms with Crippen LogP contribution in [0.4, 0.5) is 5.95 Å². The number of aryl methyl sites for hydroxylation is 1. The number of ether oxygens (including phenoxy) is 1. The lowest BCUT2D eigenvalue weighted by molar-refractivity contribution is 0.0878. The van der Waals surface area contributed by atoms with E-state index < -0.39 is 0 Å². The highest BCUT2D eigenvalue weighted by Crippen LogP contribution is 2.31. The van der Waals surface area contributed by atoms with E-state index in [1.165, 1.54) is 0 Å². The monoisotopic (exact) mass is 343 g/mol. The van der Waals surface area contributed by atoms with Crippen molar-refractivity contribution in [1.82, 2.24) is 25.1 Å². The Labute approximate surface area is 145 Å². The molecule has 2 aromatic heterocycles. The van der Waals surface area contributed by atoms with Crippen LogP contribution < -0.4 is 21.1 Å². The molecule has 1 aliphatic carbocycles. The lowest BCUT2D eigenvalue weighted by atomic mass is 9.91. The minimum Gasteiger partial charge on any atom is -0.456 e. The van der Waals surface area contributed by atoms with E-state index in [2.05, 4.69) is 25.7 Å². The standard InChI is InChI=1S/C16H21N7O2/c1-23-7-9(6-19-23)13-12-14(24)18-8-25-15(12)22-16(21-13)20-11-5-3-2-4-10(11)17/h6-7,10-11H,2-5,8,17H2,1H3,(H,18,24)(H,20,21,22)/t10-,11+/m0/s1. The van der Waals surface area contributed by atoms with Crippen molar-refractivity contribution < 1.29 is 9.53 Å². The zero-order valence-electron chi connectivity index (χ0n) is 14.0. The van der Waals surface area contributed by atoms with E-state index in [4.69, 9.17) is 10.5 Å². The van der Waals surface area contributed by atoms with Crippen molar-refractivity contribution in [1.29, 1.82) is 0 Å². The number of amides is 1. The second-order valence-electron chi connectivity index (χ2n) is 6.47. The van der Waals surface area contributed by atoms with Crippen LogP contribution in [0.2, 0.25) is 0 Å². The minimum atomic E-state index is -0.249. The average Bonchev–Trinajstić information content (AvgIpc) is 3.03. The van der Waals surface area contributed by atoms with E-state index in [9.17, 15) is 4.79 Å². The van der Waals surface area contributed by atoms with E-state index in [-0.39, 0.29) is 30.6 Å². The Morgan fingerprint density at radius 3 is 2.96 bits per heavy atom. The smallest absolute Gasteiger partial charge is 0.261 e. The molecule has 4 rings (SSSR count). The predicted octanol–water partition coefficient (Wildman–Crippen LogP) is 0.639. The molecule has 1 saturated carbocycles. The van der Waals surface area contributed by atoms with E-state index in [0.29, 0.717) is 17.2 Å². The maximum atomic E-state index is 12.3. The number of aromatic nitrogens is 4. The van der Waals surface area contributed by atoms with Gasteiger partial charge in [0, 0.05) is 30.9 Å². The molecule has 2 atom stereocenters. The van der Waals surface area contributed by atoms with Gasteiger partial charge in [-0.2, -0.15) is 10.1 Å². The highest BCUT2D eigenvalue weighted by molar-refractivity contribution is 6.02. The Kier molecular flexibility index (Phi) is 4.00. The van der Waals surface area contributed by atoms with Gasteiger partial charge in [-0.05, 0) is 12.8 Å². The summed E-state index contributed by atoms with van der Waals surface area (Å²) < 4.78 is 7.20. The molecule has 1 aliphatic heterocycles. The first-order valence-corrected chi connectivity index (χ1v) is 8.46. The number of fused-ring (bicyclic) bond motifs is 1. The van der Waals surface area contributed by atoms with Crippen LogP contribution in [-0.2, 0) is 7.05 Å². The van der Waals surface area contributed by atoms with Crippen molar-refractivity contribution in [2.24, 2.45) is 12.8 Å². The van der Waals surface area contributed by atoms with Gasteiger partial charge in [0.05, 0.1) is 11.9 Å². The van der Waals surface area contributed by atoms with Crippen LogP contribution in [0.15, 0.2) is 12.4 Å². The molecule has 1 amide bonds. The Bertz CT molecular complexity index is 804. The summed E-state index contributed by atoms with van der Waals surface area (Å²) in [6.07, 6.45) is 7.71. The molecule has 9 nitrogen and oxygen atoms in total. The van der Waals surface area contributed by atoms with Gasteiger partial charge in [0.25, 0.3) is 5.91 Å². The quantitative estimate of drug-likeness (QED) is 0.748. The molecule has 0 bridgehead atoms. The molecule has 0 unspecified atom stereocenters. The van der Waals surface area contributed by atoms with Gasteiger partial charge in [-0.25, -0.2) is 4.98 Å². The number of rotatable bonds is 3. The average molecular weight is 343 g/mol. The normalized spacial score (nSPS) is 22.7. The van der Waals surface area contributed by atoms with Crippen LogP contribution in [0.25, 0.3) is 11.3 Å². The number of nitrogens with one attached hydrogen (secondary N) is 2. The second-order valence-corrected chi connectivity index (χ2v) is 6.47. The summed E-state index contributed by atoms with van der Waals surface area (Å²) in [6.45, 7) is 0.0949. The molecule has 0 radical (unpaired) electrons. The molecule has 0 aromatic carbocycles. The lowest BCUT2D eigenvalue weighted by Crippen LogP contribution is -2.43. The number of anilines is 1. The van der Waals surface area contributed by atoms with Crippen LogP contribution >= 0.6 is 0 Å². The van der Waals surface area contributed by atoms with Crippen molar-refractivity contribution in [3.8, 4) is 17.1 Å². The van der Waals surface area contributed by atoms with Crippen LogP contribution in [0, 0.1) is 0 Å². The summed E-state index contributed by atoms with van der Waals surface area (Å²) in [5.41, 5.74) is 7.78. The minimum absolute atomic E-state index is 0.0689. The molecule has 0 spiro atoms. The molecule has 0 saturated heterocycles. The van der Waals surface area contributed by atoms with Crippen LogP contribution in [-0.4, -0.2) is 44.5 Å². The van der Waals surface area contributed by atoms with Crippen molar-refractivity contribution in [3.05, 3.63) is 18.0 Å². The molecule has 2 aliphatic rings. The molecular formula is C16H21N7O2. The first-order chi connectivity index (χ1) is 12.1. The maximum Gasteiger partial charge on any atom is 0.261 e. The van der Waals surface area contributed by atoms with Gasteiger partial charge in [0.1, 0.15) is 5.56 Å². The lowest BCUT2D eigenvalue weighted by Gasteiger charge is -2.29. The van der Waals surface area contributed by atoms with Gasteiger partial charge in [-0.15, -0.1) is 0 Å². The van der Waals surface area contributed by atoms with E-state index in [1.807, 2.05) is 7.05 Å². The third-order valence-corrected chi connectivity index (χ3v) is 4.66. The number of carbonyl (C=O) groups is 1. The maximum absolute atomic E-state index is 12.3. The van der Waals surface area contributed by atoms with Crippen molar-refractivity contribution in [3.63, 3.8) is 0 Å². The zero-order chi connectivity index (χ0) is 17.4. The Hall–Kier alpha value is -2.68. The van der Waals surface area contributed by atoms with Gasteiger partial charge >= 0.3 is 0 Å². The second kappa shape index (κ2) is 6.32.